The molecule has 0 radical (unpaired) electrons. The van der Waals surface area contributed by atoms with Gasteiger partial charge in [0.25, 0.3) is 5.91 Å². The molecule has 0 bridgehead atoms. The van der Waals surface area contributed by atoms with Crippen LogP contribution in [0.2, 0.25) is 0 Å². The van der Waals surface area contributed by atoms with Crippen LogP contribution < -0.4 is 10.6 Å². The molecule has 0 aliphatic heterocycles. The van der Waals surface area contributed by atoms with Crippen molar-refractivity contribution >= 4 is 17.3 Å². The quantitative estimate of drug-likeness (QED) is 0.853. The number of rotatable bonds is 3. The van der Waals surface area contributed by atoms with Gasteiger partial charge in [-0.3, -0.25) is 4.79 Å². The van der Waals surface area contributed by atoms with Gasteiger partial charge < -0.3 is 10.6 Å². The fourth-order valence-electron chi connectivity index (χ4n) is 1.62. The van der Waals surface area contributed by atoms with Crippen molar-refractivity contribution in [2.45, 2.75) is 0 Å². The van der Waals surface area contributed by atoms with Gasteiger partial charge in [0.1, 0.15) is 0 Å². The largest absolute Gasteiger partial charge is 1.00 e. The van der Waals surface area contributed by atoms with E-state index in [0.717, 1.165) is 11.4 Å². The second-order valence-electron chi connectivity index (χ2n) is 3.62. The first-order valence-corrected chi connectivity index (χ1v) is 5.44. The predicted octanol–water partition coefficient (Wildman–Crippen LogP) is 2.98. The molecule has 1 amide bonds. The van der Waals surface area contributed by atoms with Crippen LogP contribution in [-0.4, -0.2) is 13.0 Å². The third-order valence-electron chi connectivity index (χ3n) is 2.47. The summed E-state index contributed by atoms with van der Waals surface area (Å²) in [7, 11) is 1.80. The van der Waals surface area contributed by atoms with E-state index < -0.39 is 0 Å². The van der Waals surface area contributed by atoms with Crippen LogP contribution >= 0.6 is 0 Å². The minimum atomic E-state index is -0.110. The topological polar surface area (TPSA) is 41.1 Å². The average Bonchev–Trinajstić information content (AvgIpc) is 2.40. The Morgan fingerprint density at radius 1 is 0.944 bits per heavy atom. The number of amides is 1. The molecule has 0 unspecified atom stereocenters. The van der Waals surface area contributed by atoms with E-state index in [2.05, 4.69) is 10.6 Å². The maximum atomic E-state index is 12.0. The van der Waals surface area contributed by atoms with Crippen LogP contribution in [0.5, 0.6) is 0 Å². The van der Waals surface area contributed by atoms with E-state index in [9.17, 15) is 4.79 Å². The fraction of sp³-hybridized carbons (Fsp3) is 0.0714. The van der Waals surface area contributed by atoms with Gasteiger partial charge in [0.2, 0.25) is 0 Å². The summed E-state index contributed by atoms with van der Waals surface area (Å²) in [6.07, 6.45) is 0. The van der Waals surface area contributed by atoms with Gasteiger partial charge in [-0.15, -0.1) is 0 Å². The molecular weight excluding hydrogens is 276 g/mol. The summed E-state index contributed by atoms with van der Waals surface area (Å²) in [6, 6.07) is 16.8. The number of hydrogen-bond donors (Lipinski definition) is 2. The molecule has 0 atom stereocenters. The smallest absolute Gasteiger partial charge is 0.387 e. The first-order chi connectivity index (χ1) is 8.31. The van der Waals surface area contributed by atoms with E-state index in [1.54, 1.807) is 13.1 Å². The number of nitrogens with one attached hydrogen (secondary N) is 2. The van der Waals surface area contributed by atoms with Crippen molar-refractivity contribution in [3.8, 4) is 0 Å². The average molecular weight is 290 g/mol. The number of benzene rings is 2. The molecule has 0 saturated carbocycles. The van der Waals surface area contributed by atoms with Gasteiger partial charge in [0, 0.05) is 18.4 Å². The maximum Gasteiger partial charge on any atom is 1.00 e. The van der Waals surface area contributed by atoms with E-state index >= 15 is 0 Å². The molecule has 2 rings (SSSR count). The molecular formula is C14H14CuN2O+. The van der Waals surface area contributed by atoms with Crippen molar-refractivity contribution in [3.63, 3.8) is 0 Å². The molecule has 96 valence electrons. The van der Waals surface area contributed by atoms with Gasteiger partial charge in [0.05, 0.1) is 5.56 Å². The summed E-state index contributed by atoms with van der Waals surface area (Å²) in [5.41, 5.74) is 2.25. The molecule has 0 aliphatic carbocycles. The SMILES string of the molecule is CNc1ccccc1C(=O)Nc1ccccc1.[Cu+]. The summed E-state index contributed by atoms with van der Waals surface area (Å²) in [4.78, 5) is 12.0. The van der Waals surface area contributed by atoms with E-state index in [-0.39, 0.29) is 23.0 Å². The van der Waals surface area contributed by atoms with E-state index in [4.69, 9.17) is 0 Å². The summed E-state index contributed by atoms with van der Waals surface area (Å²) in [5, 5.41) is 5.86. The Morgan fingerprint density at radius 3 is 2.22 bits per heavy atom. The Kier molecular flexibility index (Phi) is 5.43. The van der Waals surface area contributed by atoms with E-state index in [1.807, 2.05) is 48.5 Å². The maximum absolute atomic E-state index is 12.0. The molecule has 0 aliphatic rings. The fourth-order valence-corrected chi connectivity index (χ4v) is 1.62. The van der Waals surface area contributed by atoms with Gasteiger partial charge in [-0.2, -0.15) is 0 Å². The molecule has 3 nitrogen and oxygen atoms in total. The Labute approximate surface area is 117 Å². The Morgan fingerprint density at radius 2 is 1.56 bits per heavy atom. The zero-order valence-corrected chi connectivity index (χ0v) is 10.8. The van der Waals surface area contributed by atoms with Crippen LogP contribution in [0, 0.1) is 0 Å². The first kappa shape index (κ1) is 14.3. The zero-order valence-electron chi connectivity index (χ0n) is 9.91. The molecule has 2 aromatic carbocycles. The van der Waals surface area contributed by atoms with Crippen LogP contribution in [-0.2, 0) is 17.1 Å². The number of hydrogen-bond acceptors (Lipinski definition) is 2. The zero-order chi connectivity index (χ0) is 12.1. The number of para-hydroxylation sites is 2. The number of carbonyl (C=O) groups is 1. The predicted molar refractivity (Wildman–Crippen MR) is 70.4 cm³/mol. The summed E-state index contributed by atoms with van der Waals surface area (Å²) < 4.78 is 0. The van der Waals surface area contributed by atoms with Crippen molar-refractivity contribution < 1.29 is 21.9 Å². The summed E-state index contributed by atoms with van der Waals surface area (Å²) >= 11 is 0. The van der Waals surface area contributed by atoms with Crippen LogP contribution in [0.1, 0.15) is 10.4 Å². The summed E-state index contributed by atoms with van der Waals surface area (Å²) in [5.74, 6) is -0.110. The minimum Gasteiger partial charge on any atom is -0.387 e. The van der Waals surface area contributed by atoms with Gasteiger partial charge in [-0.1, -0.05) is 30.3 Å². The van der Waals surface area contributed by atoms with Crippen LogP contribution in [0.3, 0.4) is 0 Å². The van der Waals surface area contributed by atoms with E-state index in [0.29, 0.717) is 5.56 Å². The Balaban J connectivity index is 0.00000162. The van der Waals surface area contributed by atoms with E-state index in [1.165, 1.54) is 0 Å². The van der Waals surface area contributed by atoms with Crippen LogP contribution in [0.4, 0.5) is 11.4 Å². The van der Waals surface area contributed by atoms with Crippen molar-refractivity contribution in [3.05, 3.63) is 60.2 Å². The van der Waals surface area contributed by atoms with Gasteiger partial charge in [-0.25, -0.2) is 0 Å². The number of anilines is 2. The minimum absolute atomic E-state index is 0. The third-order valence-corrected chi connectivity index (χ3v) is 2.47. The van der Waals surface area contributed by atoms with Crippen LogP contribution in [0.25, 0.3) is 0 Å². The molecule has 18 heavy (non-hydrogen) atoms. The molecule has 0 spiro atoms. The first-order valence-electron chi connectivity index (χ1n) is 5.44. The summed E-state index contributed by atoms with van der Waals surface area (Å²) in [6.45, 7) is 0. The van der Waals surface area contributed by atoms with Crippen molar-refractivity contribution in [1.82, 2.24) is 0 Å². The molecule has 0 aromatic heterocycles. The second kappa shape index (κ2) is 6.84. The van der Waals surface area contributed by atoms with Crippen LogP contribution in [0.15, 0.2) is 54.6 Å². The van der Waals surface area contributed by atoms with Gasteiger partial charge >= 0.3 is 17.1 Å². The van der Waals surface area contributed by atoms with Gasteiger partial charge in [0.15, 0.2) is 0 Å². The van der Waals surface area contributed by atoms with Crippen molar-refractivity contribution in [1.29, 1.82) is 0 Å². The molecule has 0 fully saturated rings. The Hall–Kier alpha value is -1.77. The molecule has 0 saturated heterocycles. The monoisotopic (exact) mass is 289 g/mol. The molecule has 4 heteroatoms. The molecule has 2 aromatic rings. The second-order valence-corrected chi connectivity index (χ2v) is 3.62. The normalized spacial score (nSPS) is 9.17. The van der Waals surface area contributed by atoms with Crippen molar-refractivity contribution in [2.75, 3.05) is 17.7 Å². The molecule has 2 N–H and O–H groups in total. The number of carbonyl (C=O) groups excluding carboxylic acids is 1. The van der Waals surface area contributed by atoms with Crippen molar-refractivity contribution in [2.24, 2.45) is 0 Å². The standard InChI is InChI=1S/C14H14N2O.Cu/c1-15-13-10-6-5-9-12(13)14(17)16-11-7-3-2-4-8-11;/h2-10,15H,1H3,(H,16,17);/q;+1. The molecule has 0 heterocycles. The van der Waals surface area contributed by atoms with Gasteiger partial charge in [-0.05, 0) is 24.3 Å². The third kappa shape index (κ3) is 3.36. The Bertz CT molecular complexity index is 514.